The van der Waals surface area contributed by atoms with E-state index in [0.717, 1.165) is 16.0 Å². The quantitative estimate of drug-likeness (QED) is 0.873. The van der Waals surface area contributed by atoms with Crippen molar-refractivity contribution in [3.8, 4) is 17.2 Å². The van der Waals surface area contributed by atoms with Crippen LogP contribution in [0.4, 0.5) is 0 Å². The van der Waals surface area contributed by atoms with Crippen LogP contribution in [0.3, 0.4) is 0 Å². The van der Waals surface area contributed by atoms with Crippen molar-refractivity contribution < 1.29 is 9.90 Å². The molecular formula is C16H14N2O2S. The third-order valence-electron chi connectivity index (χ3n) is 2.99. The van der Waals surface area contributed by atoms with E-state index in [-0.39, 0.29) is 0 Å². The van der Waals surface area contributed by atoms with E-state index in [2.05, 4.69) is 11.1 Å². The topological polar surface area (TPSA) is 74.0 Å². The van der Waals surface area contributed by atoms with Crippen LogP contribution in [-0.4, -0.2) is 20.8 Å². The summed E-state index contributed by atoms with van der Waals surface area (Å²) < 4.78 is -0.940. The number of hydrogen-bond donors (Lipinski definition) is 1. The van der Waals surface area contributed by atoms with Gasteiger partial charge in [0.05, 0.1) is 11.6 Å². The number of benzene rings is 1. The molecule has 0 aliphatic carbocycles. The molecule has 21 heavy (non-hydrogen) atoms. The summed E-state index contributed by atoms with van der Waals surface area (Å²) >= 11 is 1.26. The Morgan fingerprint density at radius 3 is 2.52 bits per heavy atom. The highest BCUT2D eigenvalue weighted by Gasteiger charge is 2.29. The number of hydrogen-bond acceptors (Lipinski definition) is 4. The molecule has 0 spiro atoms. The second kappa shape index (κ2) is 5.98. The Hall–Kier alpha value is -2.32. The summed E-state index contributed by atoms with van der Waals surface area (Å²) in [7, 11) is 0. The molecule has 0 aliphatic heterocycles. The summed E-state index contributed by atoms with van der Waals surface area (Å²) in [6, 6.07) is 11.1. The number of nitriles is 1. The number of carboxylic acids is 1. The molecule has 1 aromatic carbocycles. The lowest BCUT2D eigenvalue weighted by Crippen LogP contribution is -2.27. The maximum absolute atomic E-state index is 11.3. The molecule has 0 fully saturated rings. The van der Waals surface area contributed by atoms with Crippen LogP contribution < -0.4 is 0 Å². The monoisotopic (exact) mass is 298 g/mol. The number of aliphatic carboxylic acids is 1. The highest BCUT2D eigenvalue weighted by Crippen LogP contribution is 2.38. The molecule has 0 bridgehead atoms. The van der Waals surface area contributed by atoms with Gasteiger partial charge in [-0.1, -0.05) is 12.1 Å². The molecule has 5 heteroatoms. The first-order valence-electron chi connectivity index (χ1n) is 6.31. The molecule has 2 aromatic rings. The first-order valence-corrected chi connectivity index (χ1v) is 7.12. The van der Waals surface area contributed by atoms with Gasteiger partial charge >= 0.3 is 5.97 Å². The van der Waals surface area contributed by atoms with Crippen LogP contribution in [0.25, 0.3) is 11.1 Å². The Labute approximate surface area is 127 Å². The van der Waals surface area contributed by atoms with Gasteiger partial charge in [0.25, 0.3) is 0 Å². The average molecular weight is 298 g/mol. The normalized spacial score (nSPS) is 10.9. The van der Waals surface area contributed by atoms with Crippen LogP contribution in [0.1, 0.15) is 19.4 Å². The molecule has 1 N–H and O–H groups in total. The van der Waals surface area contributed by atoms with Crippen molar-refractivity contribution in [1.29, 1.82) is 5.26 Å². The van der Waals surface area contributed by atoms with E-state index in [1.165, 1.54) is 11.8 Å². The summed E-state index contributed by atoms with van der Waals surface area (Å²) in [6.07, 6.45) is 3.34. The lowest BCUT2D eigenvalue weighted by Gasteiger charge is -2.20. The number of rotatable bonds is 4. The highest BCUT2D eigenvalue weighted by atomic mass is 32.2. The Kier molecular flexibility index (Phi) is 4.29. The minimum Gasteiger partial charge on any atom is -0.480 e. The van der Waals surface area contributed by atoms with Crippen LogP contribution in [0.5, 0.6) is 0 Å². The minimum atomic E-state index is -0.940. The summed E-state index contributed by atoms with van der Waals surface area (Å²) in [5.41, 5.74) is 2.43. The molecule has 0 radical (unpaired) electrons. The lowest BCUT2D eigenvalue weighted by atomic mass is 10.1. The fourth-order valence-electron chi connectivity index (χ4n) is 1.74. The Bertz CT molecular complexity index is 703. The van der Waals surface area contributed by atoms with Crippen molar-refractivity contribution >= 4 is 17.7 Å². The molecular weight excluding hydrogens is 284 g/mol. The predicted molar refractivity (Wildman–Crippen MR) is 82.0 cm³/mol. The second-order valence-electron chi connectivity index (χ2n) is 4.98. The summed E-state index contributed by atoms with van der Waals surface area (Å²) in [5, 5.41) is 18.1. The average Bonchev–Trinajstić information content (AvgIpc) is 2.47. The van der Waals surface area contributed by atoms with E-state index >= 15 is 0 Å². The van der Waals surface area contributed by atoms with Gasteiger partial charge < -0.3 is 5.11 Å². The number of carbonyl (C=O) groups is 1. The molecule has 0 saturated heterocycles. The van der Waals surface area contributed by atoms with E-state index in [4.69, 9.17) is 5.26 Å². The first-order chi connectivity index (χ1) is 9.94. The smallest absolute Gasteiger partial charge is 0.319 e. The maximum atomic E-state index is 11.3. The number of pyridine rings is 1. The Balaban J connectivity index is 2.41. The minimum absolute atomic E-state index is 0.591. The molecule has 0 unspecified atom stereocenters. The standard InChI is InChI=1S/C16H14N2O2S/c1-16(2,15(19)20)21-14-10-18-8-7-13(14)12-5-3-11(9-17)4-6-12/h3-8,10H,1-2H3,(H,19,20). The number of nitrogens with zero attached hydrogens (tertiary/aromatic N) is 2. The predicted octanol–water partition coefficient (Wildman–Crippen LogP) is 3.58. The van der Waals surface area contributed by atoms with E-state index in [1.807, 2.05) is 18.2 Å². The van der Waals surface area contributed by atoms with Gasteiger partial charge in [-0.15, -0.1) is 11.8 Å². The van der Waals surface area contributed by atoms with Crippen molar-refractivity contribution in [2.24, 2.45) is 0 Å². The molecule has 2 rings (SSSR count). The van der Waals surface area contributed by atoms with Gasteiger partial charge in [-0.25, -0.2) is 0 Å². The molecule has 0 atom stereocenters. The zero-order valence-electron chi connectivity index (χ0n) is 11.7. The van der Waals surface area contributed by atoms with Gasteiger partial charge in [0.15, 0.2) is 0 Å². The highest BCUT2D eigenvalue weighted by molar-refractivity contribution is 8.01. The first kappa shape index (κ1) is 15.1. The third kappa shape index (κ3) is 3.41. The Morgan fingerprint density at radius 1 is 1.29 bits per heavy atom. The molecule has 106 valence electrons. The summed E-state index contributed by atoms with van der Waals surface area (Å²) in [4.78, 5) is 16.2. The van der Waals surface area contributed by atoms with Gasteiger partial charge in [-0.2, -0.15) is 5.26 Å². The largest absolute Gasteiger partial charge is 0.480 e. The summed E-state index contributed by atoms with van der Waals surface area (Å²) in [6.45, 7) is 3.32. The molecule has 0 amide bonds. The molecule has 0 saturated carbocycles. The van der Waals surface area contributed by atoms with Crippen LogP contribution in [0.15, 0.2) is 47.6 Å². The van der Waals surface area contributed by atoms with Crippen molar-refractivity contribution in [2.45, 2.75) is 23.5 Å². The fraction of sp³-hybridized carbons (Fsp3) is 0.188. The molecule has 4 nitrogen and oxygen atoms in total. The van der Waals surface area contributed by atoms with Gasteiger partial charge in [0, 0.05) is 17.3 Å². The van der Waals surface area contributed by atoms with Crippen molar-refractivity contribution in [3.63, 3.8) is 0 Å². The van der Waals surface area contributed by atoms with Gasteiger partial charge in [0.2, 0.25) is 0 Å². The molecule has 1 aromatic heterocycles. The van der Waals surface area contributed by atoms with Gasteiger partial charge in [-0.3, -0.25) is 9.78 Å². The number of carboxylic acid groups (broad SMARTS) is 1. The number of aromatic nitrogens is 1. The van der Waals surface area contributed by atoms with E-state index in [1.54, 1.807) is 38.4 Å². The zero-order valence-corrected chi connectivity index (χ0v) is 12.5. The van der Waals surface area contributed by atoms with Crippen LogP contribution >= 0.6 is 11.8 Å². The van der Waals surface area contributed by atoms with Crippen LogP contribution in [0.2, 0.25) is 0 Å². The van der Waals surface area contributed by atoms with Crippen LogP contribution in [-0.2, 0) is 4.79 Å². The van der Waals surface area contributed by atoms with E-state index < -0.39 is 10.7 Å². The third-order valence-corrected chi connectivity index (χ3v) is 4.22. The number of thioether (sulfide) groups is 1. The van der Waals surface area contributed by atoms with Gasteiger partial charge in [-0.05, 0) is 43.2 Å². The summed E-state index contributed by atoms with van der Waals surface area (Å²) in [5.74, 6) is -0.873. The second-order valence-corrected chi connectivity index (χ2v) is 6.64. The zero-order chi connectivity index (χ0) is 15.5. The van der Waals surface area contributed by atoms with Gasteiger partial charge in [0.1, 0.15) is 4.75 Å². The van der Waals surface area contributed by atoms with E-state index in [9.17, 15) is 9.90 Å². The Morgan fingerprint density at radius 2 is 1.95 bits per heavy atom. The van der Waals surface area contributed by atoms with Crippen molar-refractivity contribution in [3.05, 3.63) is 48.3 Å². The maximum Gasteiger partial charge on any atom is 0.319 e. The fourth-order valence-corrected chi connectivity index (χ4v) is 2.79. The van der Waals surface area contributed by atoms with Crippen molar-refractivity contribution in [2.75, 3.05) is 0 Å². The van der Waals surface area contributed by atoms with Crippen molar-refractivity contribution in [1.82, 2.24) is 4.98 Å². The molecule has 0 aliphatic rings. The molecule has 1 heterocycles. The van der Waals surface area contributed by atoms with E-state index in [0.29, 0.717) is 5.56 Å². The lowest BCUT2D eigenvalue weighted by molar-refractivity contribution is -0.138. The van der Waals surface area contributed by atoms with Crippen LogP contribution in [0, 0.1) is 11.3 Å². The SMILES string of the molecule is CC(C)(Sc1cnccc1-c1ccc(C#N)cc1)C(=O)O.